The Kier molecular flexibility index (Phi) is 9.28. The number of methoxy groups -OCH3 is 2. The molecule has 0 spiro atoms. The van der Waals surface area contributed by atoms with Gasteiger partial charge in [0, 0.05) is 39.4 Å². The molecule has 8 nitrogen and oxygen atoms in total. The maximum Gasteiger partial charge on any atom is 0.264 e. The van der Waals surface area contributed by atoms with E-state index in [0.29, 0.717) is 54.6 Å². The van der Waals surface area contributed by atoms with Gasteiger partial charge >= 0.3 is 0 Å². The first-order chi connectivity index (χ1) is 18.4. The van der Waals surface area contributed by atoms with Crippen LogP contribution in [-0.4, -0.2) is 81.8 Å². The van der Waals surface area contributed by atoms with Gasteiger partial charge in [0.05, 0.1) is 37.1 Å². The van der Waals surface area contributed by atoms with Crippen LogP contribution in [-0.2, 0) is 4.74 Å². The van der Waals surface area contributed by atoms with Crippen LogP contribution < -0.4 is 14.4 Å². The van der Waals surface area contributed by atoms with Crippen LogP contribution in [0.2, 0.25) is 0 Å². The van der Waals surface area contributed by atoms with Crippen molar-refractivity contribution < 1.29 is 23.8 Å². The first-order valence-electron chi connectivity index (χ1n) is 13.7. The summed E-state index contributed by atoms with van der Waals surface area (Å²) in [6, 6.07) is 10.8. The zero-order chi connectivity index (χ0) is 27.2. The highest BCUT2D eigenvalue weighted by atomic mass is 16.5. The van der Waals surface area contributed by atoms with Gasteiger partial charge in [0.15, 0.2) is 11.5 Å². The van der Waals surface area contributed by atoms with Crippen LogP contribution in [0, 0.1) is 5.92 Å². The number of hydrogen-bond donors (Lipinski definition) is 0. The summed E-state index contributed by atoms with van der Waals surface area (Å²) in [5.41, 5.74) is 2.68. The van der Waals surface area contributed by atoms with Crippen molar-refractivity contribution in [3.63, 3.8) is 0 Å². The monoisotopic (exact) mass is 523 g/mol. The summed E-state index contributed by atoms with van der Waals surface area (Å²) in [7, 11) is 3.18. The van der Waals surface area contributed by atoms with Gasteiger partial charge in [-0.15, -0.1) is 0 Å². The standard InChI is InChI=1S/C30H41N3O5/c1-6-31-14-16-32(17-15-31)25-10-7-9-23-28(25)30(35)33(29(23)34)24(11-8-18-38-20-21(2)3)22-12-13-26(36-4)27(19-22)37-5/h7,9-10,12-13,19,21,24H,6,8,11,14-18,20H2,1-5H3. The van der Waals surface area contributed by atoms with Crippen molar-refractivity contribution in [2.75, 3.05) is 65.1 Å². The fourth-order valence-electron chi connectivity index (χ4n) is 5.34. The Bertz CT molecular complexity index is 1130. The minimum Gasteiger partial charge on any atom is -0.493 e. The van der Waals surface area contributed by atoms with Gasteiger partial charge in [-0.2, -0.15) is 0 Å². The van der Waals surface area contributed by atoms with E-state index in [1.165, 1.54) is 4.90 Å². The van der Waals surface area contributed by atoms with Gasteiger partial charge in [0.2, 0.25) is 0 Å². The Hall–Kier alpha value is -3.10. The van der Waals surface area contributed by atoms with Crippen molar-refractivity contribution in [1.29, 1.82) is 0 Å². The molecule has 0 N–H and O–H groups in total. The summed E-state index contributed by atoms with van der Waals surface area (Å²) >= 11 is 0. The van der Waals surface area contributed by atoms with E-state index in [-0.39, 0.29) is 11.8 Å². The molecule has 4 rings (SSSR count). The van der Waals surface area contributed by atoms with Crippen LogP contribution >= 0.6 is 0 Å². The summed E-state index contributed by atoms with van der Waals surface area (Å²) in [5.74, 6) is 1.14. The average Bonchev–Trinajstić information content (AvgIpc) is 3.19. The largest absolute Gasteiger partial charge is 0.493 e. The van der Waals surface area contributed by atoms with Crippen molar-refractivity contribution in [2.45, 2.75) is 39.7 Å². The van der Waals surface area contributed by atoms with E-state index in [2.05, 4.69) is 30.6 Å². The number of nitrogens with zero attached hydrogens (tertiary/aromatic N) is 3. The molecule has 38 heavy (non-hydrogen) atoms. The Morgan fingerprint density at radius 3 is 2.32 bits per heavy atom. The third-order valence-corrected chi connectivity index (χ3v) is 7.41. The highest BCUT2D eigenvalue weighted by molar-refractivity contribution is 6.24. The average molecular weight is 524 g/mol. The molecule has 8 heteroatoms. The first-order valence-corrected chi connectivity index (χ1v) is 13.7. The summed E-state index contributed by atoms with van der Waals surface area (Å²) in [6.07, 6.45) is 1.30. The minimum atomic E-state index is -0.449. The number of ether oxygens (including phenoxy) is 3. The number of fused-ring (bicyclic) bond motifs is 1. The maximum atomic E-state index is 14.0. The van der Waals surface area contributed by atoms with Crippen LogP contribution in [0.3, 0.4) is 0 Å². The summed E-state index contributed by atoms with van der Waals surface area (Å²) < 4.78 is 16.8. The van der Waals surface area contributed by atoms with Crippen molar-refractivity contribution in [2.24, 2.45) is 5.92 Å². The van der Waals surface area contributed by atoms with Crippen molar-refractivity contribution in [3.8, 4) is 11.5 Å². The predicted molar refractivity (Wildman–Crippen MR) is 148 cm³/mol. The lowest BCUT2D eigenvalue weighted by atomic mass is 9.99. The molecule has 0 bridgehead atoms. The number of likely N-dealkylation sites (N-methyl/N-ethyl adjacent to an activating group) is 1. The Morgan fingerprint density at radius 1 is 0.921 bits per heavy atom. The third-order valence-electron chi connectivity index (χ3n) is 7.41. The SMILES string of the molecule is CCN1CCN(c2cccc3c2C(=O)N(C(CCCOCC(C)C)c2ccc(OC)c(OC)c2)C3=O)CC1. The van der Waals surface area contributed by atoms with E-state index in [1.807, 2.05) is 30.3 Å². The lowest BCUT2D eigenvalue weighted by molar-refractivity contribution is 0.0550. The lowest BCUT2D eigenvalue weighted by Gasteiger charge is -2.36. The van der Waals surface area contributed by atoms with Crippen LogP contribution in [0.4, 0.5) is 5.69 Å². The molecule has 1 atom stereocenters. The van der Waals surface area contributed by atoms with E-state index in [1.54, 1.807) is 20.3 Å². The zero-order valence-corrected chi connectivity index (χ0v) is 23.4. The van der Waals surface area contributed by atoms with E-state index in [4.69, 9.17) is 14.2 Å². The van der Waals surface area contributed by atoms with Crippen molar-refractivity contribution >= 4 is 17.5 Å². The predicted octanol–water partition coefficient (Wildman–Crippen LogP) is 4.64. The molecule has 0 saturated carbocycles. The fourth-order valence-corrected chi connectivity index (χ4v) is 5.34. The van der Waals surface area contributed by atoms with Gasteiger partial charge in [0.1, 0.15) is 0 Å². The molecule has 0 aromatic heterocycles. The van der Waals surface area contributed by atoms with Gasteiger partial charge in [0.25, 0.3) is 11.8 Å². The normalized spacial score (nSPS) is 16.8. The van der Waals surface area contributed by atoms with E-state index < -0.39 is 6.04 Å². The second-order valence-electron chi connectivity index (χ2n) is 10.3. The number of hydrogen-bond acceptors (Lipinski definition) is 7. The summed E-state index contributed by atoms with van der Waals surface area (Å²) in [5, 5.41) is 0. The number of carbonyl (C=O) groups is 2. The van der Waals surface area contributed by atoms with Gasteiger partial charge in [-0.25, -0.2) is 0 Å². The highest BCUT2D eigenvalue weighted by Gasteiger charge is 2.43. The minimum absolute atomic E-state index is 0.235. The van der Waals surface area contributed by atoms with Crippen molar-refractivity contribution in [1.82, 2.24) is 9.80 Å². The van der Waals surface area contributed by atoms with Crippen LogP contribution in [0.5, 0.6) is 11.5 Å². The molecule has 2 aliphatic rings. The number of piperazine rings is 1. The Balaban J connectivity index is 1.64. The number of amides is 2. The molecule has 1 saturated heterocycles. The van der Waals surface area contributed by atoms with Gasteiger partial charge in [-0.05, 0) is 55.1 Å². The molecule has 0 aliphatic carbocycles. The molecule has 206 valence electrons. The molecular weight excluding hydrogens is 482 g/mol. The molecule has 2 heterocycles. The molecule has 1 unspecified atom stereocenters. The van der Waals surface area contributed by atoms with Crippen LogP contribution in [0.1, 0.15) is 65.9 Å². The smallest absolute Gasteiger partial charge is 0.264 e. The number of rotatable bonds is 12. The summed E-state index contributed by atoms with van der Waals surface area (Å²) in [6.45, 7) is 12.2. The van der Waals surface area contributed by atoms with Crippen LogP contribution in [0.15, 0.2) is 36.4 Å². The summed E-state index contributed by atoms with van der Waals surface area (Å²) in [4.78, 5) is 33.9. The van der Waals surface area contributed by atoms with E-state index >= 15 is 0 Å². The third kappa shape index (κ3) is 5.81. The van der Waals surface area contributed by atoms with Crippen LogP contribution in [0.25, 0.3) is 0 Å². The number of carbonyl (C=O) groups excluding carboxylic acids is 2. The number of imide groups is 1. The fraction of sp³-hybridized carbons (Fsp3) is 0.533. The van der Waals surface area contributed by atoms with Crippen molar-refractivity contribution in [3.05, 3.63) is 53.1 Å². The lowest BCUT2D eigenvalue weighted by Crippen LogP contribution is -2.46. The number of benzene rings is 2. The maximum absolute atomic E-state index is 14.0. The van der Waals surface area contributed by atoms with Gasteiger partial charge in [-0.1, -0.05) is 32.9 Å². The van der Waals surface area contributed by atoms with Gasteiger partial charge in [-0.3, -0.25) is 14.5 Å². The van der Waals surface area contributed by atoms with E-state index in [9.17, 15) is 9.59 Å². The quantitative estimate of drug-likeness (QED) is 0.297. The second-order valence-corrected chi connectivity index (χ2v) is 10.3. The highest BCUT2D eigenvalue weighted by Crippen LogP contribution is 2.40. The van der Waals surface area contributed by atoms with E-state index in [0.717, 1.165) is 44.0 Å². The molecule has 2 aromatic carbocycles. The zero-order valence-electron chi connectivity index (χ0n) is 23.4. The molecule has 0 radical (unpaired) electrons. The second kappa shape index (κ2) is 12.6. The Morgan fingerprint density at radius 2 is 1.66 bits per heavy atom. The number of anilines is 1. The first kappa shape index (κ1) is 27.9. The molecule has 2 aromatic rings. The topological polar surface area (TPSA) is 71.6 Å². The Labute approximate surface area is 226 Å². The molecule has 2 amide bonds. The van der Waals surface area contributed by atoms with Gasteiger partial charge < -0.3 is 24.0 Å². The molecule has 1 fully saturated rings. The molecular formula is C30H41N3O5. The molecule has 2 aliphatic heterocycles.